The lowest BCUT2D eigenvalue weighted by molar-refractivity contribution is -0.207. The molecule has 1 aliphatic rings. The molecule has 0 amide bonds. The van der Waals surface area contributed by atoms with E-state index in [1.807, 2.05) is 0 Å². The van der Waals surface area contributed by atoms with Crippen LogP contribution in [-0.4, -0.2) is 54.6 Å². The molecule has 2 heterocycles. The quantitative estimate of drug-likeness (QED) is 0.421. The maximum atomic E-state index is 14.5. The molecule has 0 saturated carbocycles. The summed E-state index contributed by atoms with van der Waals surface area (Å²) in [6.07, 6.45) is -7.12. The summed E-state index contributed by atoms with van der Waals surface area (Å²) in [4.78, 5) is 13.5. The summed E-state index contributed by atoms with van der Waals surface area (Å²) in [6, 6.07) is 0. The van der Waals surface area contributed by atoms with E-state index in [-0.39, 0.29) is 5.56 Å². The number of ether oxygens (including phenoxy) is 1. The zero-order valence-electron chi connectivity index (χ0n) is 12.8. The van der Waals surface area contributed by atoms with E-state index in [4.69, 9.17) is 21.4 Å². The molecule has 0 bridgehead atoms. The maximum Gasteiger partial charge on any atom is 0.263 e. The molecule has 0 aromatic carbocycles. The van der Waals surface area contributed by atoms with Crippen LogP contribution in [0.2, 0.25) is 0 Å². The summed E-state index contributed by atoms with van der Waals surface area (Å²) in [5.41, 5.74) is -1.10. The van der Waals surface area contributed by atoms with Crippen LogP contribution in [0.25, 0.3) is 0 Å². The lowest BCUT2D eigenvalue weighted by Gasteiger charge is -2.20. The summed E-state index contributed by atoms with van der Waals surface area (Å²) >= 11 is 4.77. The predicted octanol–water partition coefficient (Wildman–Crippen LogP) is -1.69. The van der Waals surface area contributed by atoms with Crippen LogP contribution in [0.5, 0.6) is 0 Å². The zero-order valence-corrected chi connectivity index (χ0v) is 10.6. The normalized spacial score (nSPS) is 40.1. The molecule has 0 unspecified atom stereocenters. The van der Waals surface area contributed by atoms with Gasteiger partial charge in [-0.2, -0.15) is 0 Å². The first-order chi connectivity index (χ1) is 10.4. The van der Waals surface area contributed by atoms with Crippen LogP contribution < -0.4 is 5.56 Å². The average molecular weight is 311 g/mol. The van der Waals surface area contributed by atoms with Gasteiger partial charge in [0, 0.05) is 6.20 Å². The number of hydrogen-bond donors (Lipinski definition) is 5. The highest BCUT2D eigenvalue weighted by Gasteiger charge is 2.55. The lowest BCUT2D eigenvalue weighted by atomic mass is 10.1. The van der Waals surface area contributed by atoms with Gasteiger partial charge in [-0.1, -0.05) is 0 Å². The maximum absolute atomic E-state index is 14.5. The van der Waals surface area contributed by atoms with Crippen LogP contribution in [0.15, 0.2) is 11.0 Å². The summed E-state index contributed by atoms with van der Waals surface area (Å²) in [5, 5.41) is 37.9. The number of aliphatic hydroxyl groups excluding tert-OH is 3. The van der Waals surface area contributed by atoms with E-state index in [2.05, 4.69) is 9.72 Å². The third-order valence-electron chi connectivity index (χ3n) is 2.76. The standard InChI is InChI=1S/C10H13FN2O6S/c11-10(3-15)6(17)5(16)8(19-10)13-1-4(2-14)7(18)12-9(13)20/h1,5-6,8,14-17H,2-3H2,(H,12,18,20)/t5-,6+,8-,10-/m1/s1/i3D2,8D. The molecular weight excluding hydrogens is 295 g/mol. The van der Waals surface area contributed by atoms with E-state index >= 15 is 0 Å². The van der Waals surface area contributed by atoms with Crippen molar-refractivity contribution in [2.45, 2.75) is 30.9 Å². The van der Waals surface area contributed by atoms with Gasteiger partial charge in [-0.3, -0.25) is 14.3 Å². The van der Waals surface area contributed by atoms with E-state index in [0.29, 0.717) is 4.57 Å². The highest BCUT2D eigenvalue weighted by molar-refractivity contribution is 7.71. The van der Waals surface area contributed by atoms with Crippen molar-refractivity contribution in [2.75, 3.05) is 6.56 Å². The Morgan fingerprint density at radius 3 is 2.80 bits per heavy atom. The van der Waals surface area contributed by atoms with Crippen molar-refractivity contribution < 1.29 is 33.7 Å². The Bertz CT molecular complexity index is 739. The fourth-order valence-electron chi connectivity index (χ4n) is 1.68. The third kappa shape index (κ3) is 2.30. The molecule has 0 aliphatic carbocycles. The summed E-state index contributed by atoms with van der Waals surface area (Å²) in [6.45, 7) is -4.53. The van der Waals surface area contributed by atoms with Crippen LogP contribution in [0, 0.1) is 4.77 Å². The second-order valence-electron chi connectivity index (χ2n) is 4.03. The minimum absolute atomic E-state index is 0.307. The van der Waals surface area contributed by atoms with Gasteiger partial charge in [0.1, 0.15) is 18.8 Å². The van der Waals surface area contributed by atoms with Crippen molar-refractivity contribution in [3.8, 4) is 0 Å². The van der Waals surface area contributed by atoms with E-state index < -0.39 is 47.8 Å². The van der Waals surface area contributed by atoms with Gasteiger partial charge in [0.05, 0.1) is 16.3 Å². The number of aromatic nitrogens is 2. The number of nitrogens with zero attached hydrogens (tertiary/aromatic N) is 1. The van der Waals surface area contributed by atoms with Crippen molar-refractivity contribution in [1.29, 1.82) is 0 Å². The average Bonchev–Trinajstić information content (AvgIpc) is 2.61. The van der Waals surface area contributed by atoms with E-state index in [1.165, 1.54) is 0 Å². The zero-order chi connectivity index (χ0) is 17.8. The Labute approximate surface area is 120 Å². The minimum atomic E-state index is -3.83. The Morgan fingerprint density at radius 2 is 2.30 bits per heavy atom. The molecule has 1 aromatic rings. The molecule has 2 rings (SSSR count). The Balaban J connectivity index is 2.64. The molecule has 1 aromatic heterocycles. The van der Waals surface area contributed by atoms with Gasteiger partial charge < -0.3 is 25.2 Å². The van der Waals surface area contributed by atoms with Crippen LogP contribution in [0.1, 0.15) is 15.9 Å². The van der Waals surface area contributed by atoms with Crippen LogP contribution in [-0.2, 0) is 11.3 Å². The number of nitrogens with one attached hydrogen (secondary N) is 1. The number of H-pyrrole nitrogens is 1. The van der Waals surface area contributed by atoms with Gasteiger partial charge in [0.25, 0.3) is 11.4 Å². The lowest BCUT2D eigenvalue weighted by Crippen LogP contribution is -2.42. The largest absolute Gasteiger partial charge is 0.391 e. The second kappa shape index (κ2) is 5.31. The molecule has 1 fully saturated rings. The summed E-state index contributed by atoms with van der Waals surface area (Å²) < 4.78 is 41.0. The molecule has 0 spiro atoms. The summed E-state index contributed by atoms with van der Waals surface area (Å²) in [5.74, 6) is -3.83. The number of alkyl halides is 1. The van der Waals surface area contributed by atoms with Gasteiger partial charge in [0.2, 0.25) is 0 Å². The van der Waals surface area contributed by atoms with Gasteiger partial charge >= 0.3 is 0 Å². The van der Waals surface area contributed by atoms with Crippen LogP contribution in [0.3, 0.4) is 0 Å². The van der Waals surface area contributed by atoms with E-state index in [1.54, 1.807) is 0 Å². The number of aromatic amines is 1. The van der Waals surface area contributed by atoms with Crippen LogP contribution in [0.4, 0.5) is 4.39 Å². The second-order valence-corrected chi connectivity index (χ2v) is 4.42. The molecule has 20 heavy (non-hydrogen) atoms. The topological polar surface area (TPSA) is 128 Å². The molecule has 112 valence electrons. The first-order valence-corrected chi connectivity index (χ1v) is 5.73. The molecule has 10 heteroatoms. The molecule has 4 atom stereocenters. The van der Waals surface area contributed by atoms with Gasteiger partial charge in [-0.25, -0.2) is 4.39 Å². The Kier molecular flexibility index (Phi) is 3.05. The highest BCUT2D eigenvalue weighted by atomic mass is 32.1. The number of rotatable bonds is 3. The molecule has 0 radical (unpaired) electrons. The fraction of sp³-hybridized carbons (Fsp3) is 0.600. The first-order valence-electron chi connectivity index (χ1n) is 6.82. The van der Waals surface area contributed by atoms with E-state index in [0.717, 1.165) is 6.20 Å². The monoisotopic (exact) mass is 311 g/mol. The fourth-order valence-corrected chi connectivity index (χ4v) is 1.91. The van der Waals surface area contributed by atoms with Gasteiger partial charge in [0.15, 0.2) is 11.0 Å². The number of hydrogen-bond acceptors (Lipinski definition) is 7. The molecule has 1 aliphatic heterocycles. The Morgan fingerprint density at radius 1 is 1.65 bits per heavy atom. The SMILES string of the molecule is [2H]C([2H])(O)[C@@]1(F)O[C@@]([2H])(n2cc(CO)c(=O)[nH]c2=S)[C@H](O)[C@@H]1O. The molecule has 1 saturated heterocycles. The molecular formula is C10H13FN2O6S. The first kappa shape index (κ1) is 11.5. The van der Waals surface area contributed by atoms with E-state index in [9.17, 15) is 24.5 Å². The number of halogens is 1. The van der Waals surface area contributed by atoms with Crippen molar-refractivity contribution in [3.05, 3.63) is 26.9 Å². The third-order valence-corrected chi connectivity index (χ3v) is 3.06. The van der Waals surface area contributed by atoms with Crippen molar-refractivity contribution in [2.24, 2.45) is 0 Å². The van der Waals surface area contributed by atoms with Crippen molar-refractivity contribution in [3.63, 3.8) is 0 Å². The van der Waals surface area contributed by atoms with Gasteiger partial charge in [-0.15, -0.1) is 0 Å². The van der Waals surface area contributed by atoms with Crippen molar-refractivity contribution in [1.82, 2.24) is 9.55 Å². The van der Waals surface area contributed by atoms with Crippen LogP contribution >= 0.6 is 12.2 Å². The predicted molar refractivity (Wildman–Crippen MR) is 64.9 cm³/mol. The summed E-state index contributed by atoms with van der Waals surface area (Å²) in [7, 11) is 0. The molecule has 5 N–H and O–H groups in total. The van der Waals surface area contributed by atoms with Crippen molar-refractivity contribution >= 4 is 12.2 Å². The molecule has 8 nitrogen and oxygen atoms in total. The van der Waals surface area contributed by atoms with Gasteiger partial charge in [-0.05, 0) is 12.2 Å². The highest BCUT2D eigenvalue weighted by Crippen LogP contribution is 2.37. The minimum Gasteiger partial charge on any atom is -0.391 e. The smallest absolute Gasteiger partial charge is 0.263 e. The number of aliphatic hydroxyl groups is 4. The Hall–Kier alpha value is -1.17.